The fraction of sp³-hybridized carbons (Fsp3) is 0.250. The Morgan fingerprint density at radius 2 is 0.875 bits per heavy atom. The van der Waals surface area contributed by atoms with Crippen LogP contribution >= 0.6 is 0 Å². The maximum atomic E-state index is 7.48. The molecule has 0 N–H and O–H groups in total. The zero-order valence-electron chi connectivity index (χ0n) is 36.0. The molecule has 9 rings (SSSR count). The molecule has 0 amide bonds. The van der Waals surface area contributed by atoms with Gasteiger partial charge in [-0.2, -0.15) is 0 Å². The van der Waals surface area contributed by atoms with Crippen molar-refractivity contribution in [2.45, 2.75) is 68.3 Å². The average molecular weight is 855 g/mol. The number of rotatable bonds is 18. The highest BCUT2D eigenvalue weighted by Crippen LogP contribution is 2.44. The Morgan fingerprint density at radius 1 is 0.422 bits per heavy atom. The van der Waals surface area contributed by atoms with Gasteiger partial charge in [0.15, 0.2) is 6.29 Å². The van der Waals surface area contributed by atoms with Crippen LogP contribution in [0, 0.1) is 0 Å². The average Bonchev–Trinajstić information content (AvgIpc) is 3.37. The summed E-state index contributed by atoms with van der Waals surface area (Å²) in [5.41, 5.74) is 5.89. The summed E-state index contributed by atoms with van der Waals surface area (Å²) in [5.74, 6) is 0.730. The Morgan fingerprint density at radius 3 is 1.36 bits per heavy atom. The predicted molar refractivity (Wildman–Crippen MR) is 245 cm³/mol. The zero-order valence-corrected chi connectivity index (χ0v) is 36.0. The summed E-state index contributed by atoms with van der Waals surface area (Å²) in [7, 11) is 1.66. The van der Waals surface area contributed by atoms with Crippen molar-refractivity contribution in [1.29, 1.82) is 0 Å². The van der Waals surface area contributed by atoms with Crippen LogP contribution in [0.1, 0.15) is 45.2 Å². The molecule has 2 aliphatic heterocycles. The maximum Gasteiger partial charge on any atom is 0.184 e. The largest absolute Gasteiger partial charge is 0.497 e. The Hall–Kier alpha value is -5.94. The number of hydrogen-bond donors (Lipinski definition) is 0. The zero-order chi connectivity index (χ0) is 43.4. The van der Waals surface area contributed by atoms with Crippen LogP contribution in [-0.4, -0.2) is 56.9 Å². The highest BCUT2D eigenvalue weighted by Gasteiger charge is 2.55. The quantitative estimate of drug-likeness (QED) is 0.0791. The Kier molecular flexibility index (Phi) is 14.3. The lowest BCUT2D eigenvalue weighted by Gasteiger charge is -2.52. The van der Waals surface area contributed by atoms with Crippen LogP contribution in [0.5, 0.6) is 5.75 Å². The Labute approximate surface area is 376 Å². The lowest BCUT2D eigenvalue weighted by atomic mass is 9.80. The van der Waals surface area contributed by atoms with Crippen LogP contribution in [-0.2, 0) is 58.6 Å². The molecule has 2 saturated heterocycles. The molecule has 0 bridgehead atoms. The fourth-order valence-corrected chi connectivity index (χ4v) is 8.76. The molecule has 2 fully saturated rings. The van der Waals surface area contributed by atoms with Crippen LogP contribution in [0.4, 0.5) is 0 Å². The first-order chi connectivity index (χ1) is 31.7. The topological polar surface area (TPSA) is 73.8 Å². The summed E-state index contributed by atoms with van der Waals surface area (Å²) >= 11 is 0. The molecule has 7 atom stereocenters. The molecular formula is C56H54O8. The first-order valence-electron chi connectivity index (χ1n) is 22.0. The summed E-state index contributed by atoms with van der Waals surface area (Å²) in [6.45, 7) is 1.44. The van der Waals surface area contributed by atoms with Crippen molar-refractivity contribution in [3.8, 4) is 5.75 Å². The normalized spacial score (nSPS) is 22.0. The van der Waals surface area contributed by atoms with Gasteiger partial charge in [-0.15, -0.1) is 0 Å². The molecule has 7 aromatic rings. The minimum absolute atomic E-state index is 0.133. The van der Waals surface area contributed by atoms with E-state index in [1.807, 2.05) is 97.1 Å². The van der Waals surface area contributed by atoms with Crippen molar-refractivity contribution in [3.63, 3.8) is 0 Å². The van der Waals surface area contributed by atoms with E-state index in [9.17, 15) is 0 Å². The highest BCUT2D eigenvalue weighted by molar-refractivity contribution is 5.47. The predicted octanol–water partition coefficient (Wildman–Crippen LogP) is 10.6. The SMILES string of the molecule is COc1ccc([C@@H]2O[C@@H]3[C@@H](OCc4ccccc4)[C@@H](OCc4ccccc4)[C@@H](COCc4ccccc4)O[C@H]3[C@@H](COC(c3ccccc3)(c3ccccc3)c3ccccc3)O2)cc1. The molecule has 0 saturated carbocycles. The van der Waals surface area contributed by atoms with Gasteiger partial charge in [0.1, 0.15) is 48.0 Å². The van der Waals surface area contributed by atoms with Crippen LogP contribution < -0.4 is 4.74 Å². The van der Waals surface area contributed by atoms with Crippen molar-refractivity contribution in [3.05, 3.63) is 245 Å². The minimum Gasteiger partial charge on any atom is -0.497 e. The molecule has 7 aromatic carbocycles. The van der Waals surface area contributed by atoms with Crippen LogP contribution in [0.15, 0.2) is 206 Å². The number of fused-ring (bicyclic) bond motifs is 1. The van der Waals surface area contributed by atoms with Crippen LogP contribution in [0.25, 0.3) is 0 Å². The summed E-state index contributed by atoms with van der Waals surface area (Å²) in [6, 6.07) is 69.3. The van der Waals surface area contributed by atoms with Gasteiger partial charge in [-0.05, 0) is 45.5 Å². The molecule has 8 heteroatoms. The van der Waals surface area contributed by atoms with Gasteiger partial charge >= 0.3 is 0 Å². The number of benzene rings is 7. The summed E-state index contributed by atoms with van der Waals surface area (Å²) < 4.78 is 54.9. The second-order valence-corrected chi connectivity index (χ2v) is 16.1. The standard InChI is InChI=1S/C56H54O8/c1-57-48-34-32-44(33-35-48)55-63-50(40-61-56(45-26-14-5-15-27-45,46-28-16-6-17-29-46)47-30-18-7-19-31-47)52-54(64-55)53(60-38-43-24-12-4-13-25-43)51(59-37-42-22-10-3-11-23-42)49(62-52)39-58-36-41-20-8-2-9-21-41/h2-35,49-55H,36-40H2,1H3/t49-,50-,51+,52+,53+,54+,55+/m1/s1. The van der Waals surface area contributed by atoms with E-state index in [4.69, 9.17) is 37.9 Å². The third kappa shape index (κ3) is 10.0. The molecule has 0 spiro atoms. The van der Waals surface area contributed by atoms with Gasteiger partial charge in [-0.1, -0.05) is 194 Å². The number of methoxy groups -OCH3 is 1. The summed E-state index contributed by atoms with van der Waals surface area (Å²) in [5, 5.41) is 0. The fourth-order valence-electron chi connectivity index (χ4n) is 8.76. The Bertz CT molecular complexity index is 2330. The monoisotopic (exact) mass is 854 g/mol. The summed E-state index contributed by atoms with van der Waals surface area (Å²) in [4.78, 5) is 0. The van der Waals surface area contributed by atoms with Gasteiger partial charge in [0.25, 0.3) is 0 Å². The van der Waals surface area contributed by atoms with E-state index in [1.54, 1.807) is 7.11 Å². The van der Waals surface area contributed by atoms with Gasteiger partial charge in [-0.25, -0.2) is 0 Å². The number of hydrogen-bond acceptors (Lipinski definition) is 8. The smallest absolute Gasteiger partial charge is 0.184 e. The van der Waals surface area contributed by atoms with Crippen molar-refractivity contribution >= 4 is 0 Å². The Balaban J connectivity index is 1.12. The first-order valence-corrected chi connectivity index (χ1v) is 22.0. The molecule has 326 valence electrons. The molecule has 2 aliphatic rings. The molecule has 0 unspecified atom stereocenters. The first kappa shape index (κ1) is 43.3. The van der Waals surface area contributed by atoms with Gasteiger partial charge in [0.2, 0.25) is 0 Å². The lowest BCUT2D eigenvalue weighted by Crippen LogP contribution is -2.67. The second-order valence-electron chi connectivity index (χ2n) is 16.1. The van der Waals surface area contributed by atoms with E-state index in [2.05, 4.69) is 109 Å². The molecule has 0 aromatic heterocycles. The highest BCUT2D eigenvalue weighted by atomic mass is 16.7. The molecule has 2 heterocycles. The van der Waals surface area contributed by atoms with E-state index in [1.165, 1.54) is 0 Å². The maximum absolute atomic E-state index is 7.48. The van der Waals surface area contributed by atoms with E-state index >= 15 is 0 Å². The van der Waals surface area contributed by atoms with Gasteiger partial charge in [0.05, 0.1) is 40.1 Å². The second kappa shape index (κ2) is 21.2. The minimum atomic E-state index is -1.01. The van der Waals surface area contributed by atoms with E-state index in [0.29, 0.717) is 19.8 Å². The molecule has 8 nitrogen and oxygen atoms in total. The molecule has 64 heavy (non-hydrogen) atoms. The molecule has 0 radical (unpaired) electrons. The third-order valence-corrected chi connectivity index (χ3v) is 12.0. The number of ether oxygens (including phenoxy) is 8. The van der Waals surface area contributed by atoms with Crippen molar-refractivity contribution in [2.75, 3.05) is 20.3 Å². The van der Waals surface area contributed by atoms with Gasteiger partial charge in [-0.3, -0.25) is 0 Å². The molecular weight excluding hydrogens is 801 g/mol. The van der Waals surface area contributed by atoms with Crippen molar-refractivity contribution in [2.24, 2.45) is 0 Å². The van der Waals surface area contributed by atoms with Crippen molar-refractivity contribution < 1.29 is 37.9 Å². The van der Waals surface area contributed by atoms with E-state index in [0.717, 1.165) is 44.7 Å². The van der Waals surface area contributed by atoms with Gasteiger partial charge < -0.3 is 37.9 Å². The third-order valence-electron chi connectivity index (χ3n) is 12.0. The molecule has 0 aliphatic carbocycles. The van der Waals surface area contributed by atoms with Crippen LogP contribution in [0.3, 0.4) is 0 Å². The van der Waals surface area contributed by atoms with E-state index in [-0.39, 0.29) is 13.2 Å². The summed E-state index contributed by atoms with van der Waals surface area (Å²) in [6.07, 6.45) is -4.51. The van der Waals surface area contributed by atoms with E-state index < -0.39 is 48.5 Å². The lowest BCUT2D eigenvalue weighted by molar-refractivity contribution is -0.368. The van der Waals surface area contributed by atoms with Gasteiger partial charge in [0, 0.05) is 5.56 Å². The van der Waals surface area contributed by atoms with Crippen molar-refractivity contribution in [1.82, 2.24) is 0 Å². The van der Waals surface area contributed by atoms with Crippen LogP contribution in [0.2, 0.25) is 0 Å².